The monoisotopic (exact) mass is 397 g/mol. The van der Waals surface area contributed by atoms with E-state index in [9.17, 15) is 13.2 Å². The molecule has 2 heterocycles. The summed E-state index contributed by atoms with van der Waals surface area (Å²) in [7, 11) is -3.64. The number of amidine groups is 1. The van der Waals surface area contributed by atoms with Gasteiger partial charge in [0, 0.05) is 17.2 Å². The Hall–Kier alpha value is -3.46. The van der Waals surface area contributed by atoms with E-state index in [1.54, 1.807) is 24.3 Å². The molecule has 2 aromatic carbocycles. The minimum absolute atomic E-state index is 0.0671. The van der Waals surface area contributed by atoms with Crippen molar-refractivity contribution in [3.8, 4) is 11.3 Å². The summed E-state index contributed by atoms with van der Waals surface area (Å²) in [6, 6.07) is 17.5. The van der Waals surface area contributed by atoms with Crippen LogP contribution in [0.2, 0.25) is 0 Å². The molecular formula is C19H15N3O5S. The topological polar surface area (TPSA) is 111 Å². The van der Waals surface area contributed by atoms with Gasteiger partial charge in [-0.25, -0.2) is 8.42 Å². The van der Waals surface area contributed by atoms with E-state index in [1.165, 1.54) is 6.07 Å². The molecule has 1 aromatic heterocycles. The highest BCUT2D eigenvalue weighted by atomic mass is 32.2. The number of fused-ring (bicyclic) bond motifs is 1. The zero-order valence-corrected chi connectivity index (χ0v) is 15.3. The zero-order valence-electron chi connectivity index (χ0n) is 14.5. The van der Waals surface area contributed by atoms with Gasteiger partial charge in [-0.3, -0.25) is 14.5 Å². The summed E-state index contributed by atoms with van der Waals surface area (Å²) in [5.74, 6) is 0.0875. The first-order valence-electron chi connectivity index (χ1n) is 8.36. The lowest BCUT2D eigenvalue weighted by atomic mass is 10.2. The van der Waals surface area contributed by atoms with E-state index in [2.05, 4.69) is 14.9 Å². The SMILES string of the molecule is O=C(CN=C1NS(=O)(=O)c2ccccc21)OCc1cc(-c2ccccc2)on1. The maximum absolute atomic E-state index is 12.0. The number of carbonyl (C=O) groups is 1. The molecule has 142 valence electrons. The summed E-state index contributed by atoms with van der Waals surface area (Å²) >= 11 is 0. The van der Waals surface area contributed by atoms with E-state index < -0.39 is 16.0 Å². The molecule has 0 radical (unpaired) electrons. The van der Waals surface area contributed by atoms with Crippen molar-refractivity contribution in [2.75, 3.05) is 6.54 Å². The first-order valence-corrected chi connectivity index (χ1v) is 9.84. The average molecular weight is 397 g/mol. The predicted molar refractivity (Wildman–Crippen MR) is 99.9 cm³/mol. The van der Waals surface area contributed by atoms with Gasteiger partial charge >= 0.3 is 5.97 Å². The van der Waals surface area contributed by atoms with Gasteiger partial charge in [-0.05, 0) is 12.1 Å². The number of hydrogen-bond acceptors (Lipinski definition) is 7. The number of rotatable bonds is 5. The van der Waals surface area contributed by atoms with Crippen LogP contribution in [0, 0.1) is 0 Å². The van der Waals surface area contributed by atoms with E-state index in [-0.39, 0.29) is 23.9 Å². The van der Waals surface area contributed by atoms with Crippen LogP contribution in [0.1, 0.15) is 11.3 Å². The highest BCUT2D eigenvalue weighted by Gasteiger charge is 2.30. The Kier molecular flexibility index (Phi) is 4.66. The van der Waals surface area contributed by atoms with Gasteiger partial charge in [0.15, 0.2) is 5.76 Å². The fraction of sp³-hybridized carbons (Fsp3) is 0.105. The van der Waals surface area contributed by atoms with Crippen molar-refractivity contribution in [3.63, 3.8) is 0 Å². The van der Waals surface area contributed by atoms with E-state index in [1.807, 2.05) is 30.3 Å². The van der Waals surface area contributed by atoms with Gasteiger partial charge in [-0.2, -0.15) is 0 Å². The molecule has 0 unspecified atom stereocenters. The van der Waals surface area contributed by atoms with Gasteiger partial charge in [0.2, 0.25) is 0 Å². The second-order valence-corrected chi connectivity index (χ2v) is 7.63. The van der Waals surface area contributed by atoms with Crippen LogP contribution in [0.5, 0.6) is 0 Å². The van der Waals surface area contributed by atoms with Crippen molar-refractivity contribution in [2.45, 2.75) is 11.5 Å². The molecule has 1 N–H and O–H groups in total. The lowest BCUT2D eigenvalue weighted by Gasteiger charge is -2.01. The van der Waals surface area contributed by atoms with Crippen LogP contribution in [-0.4, -0.2) is 31.9 Å². The quantitative estimate of drug-likeness (QED) is 0.660. The summed E-state index contributed by atoms with van der Waals surface area (Å²) in [6.45, 7) is -0.391. The number of aliphatic imine (C=N–C) groups is 1. The largest absolute Gasteiger partial charge is 0.458 e. The predicted octanol–water partition coefficient (Wildman–Crippen LogP) is 2.12. The molecule has 1 aliphatic heterocycles. The fourth-order valence-corrected chi connectivity index (χ4v) is 3.96. The Bertz CT molecular complexity index is 1150. The van der Waals surface area contributed by atoms with Crippen LogP contribution in [0.15, 0.2) is 75.1 Å². The van der Waals surface area contributed by atoms with Gasteiger partial charge in [0.25, 0.3) is 10.0 Å². The summed E-state index contributed by atoms with van der Waals surface area (Å²) in [5.41, 5.74) is 1.76. The number of nitrogens with one attached hydrogen (secondary N) is 1. The third-order valence-corrected chi connectivity index (χ3v) is 5.42. The number of nitrogens with zero attached hydrogens (tertiary/aromatic N) is 2. The molecule has 4 rings (SSSR count). The fourth-order valence-electron chi connectivity index (χ4n) is 2.71. The summed E-state index contributed by atoms with van der Waals surface area (Å²) in [5, 5.41) is 3.87. The van der Waals surface area contributed by atoms with E-state index in [4.69, 9.17) is 9.26 Å². The van der Waals surface area contributed by atoms with Crippen LogP contribution < -0.4 is 4.72 Å². The zero-order chi connectivity index (χ0) is 19.6. The molecule has 0 saturated heterocycles. The molecule has 1 aliphatic rings. The molecule has 0 amide bonds. The Morgan fingerprint density at radius 1 is 1.11 bits per heavy atom. The number of aromatic nitrogens is 1. The number of ether oxygens (including phenoxy) is 1. The second kappa shape index (κ2) is 7.28. The van der Waals surface area contributed by atoms with Crippen LogP contribution in [0.4, 0.5) is 0 Å². The first-order chi connectivity index (χ1) is 13.5. The lowest BCUT2D eigenvalue weighted by Crippen LogP contribution is -2.23. The Morgan fingerprint density at radius 2 is 1.86 bits per heavy atom. The maximum atomic E-state index is 12.0. The van der Waals surface area contributed by atoms with Crippen molar-refractivity contribution < 1.29 is 22.5 Å². The minimum Gasteiger partial charge on any atom is -0.458 e. The van der Waals surface area contributed by atoms with Crippen LogP contribution in [0.25, 0.3) is 11.3 Å². The first kappa shape index (κ1) is 17.9. The summed E-state index contributed by atoms with van der Waals surface area (Å²) in [4.78, 5) is 16.1. The summed E-state index contributed by atoms with van der Waals surface area (Å²) < 4.78 is 36.7. The molecule has 9 heteroatoms. The smallest absolute Gasteiger partial charge is 0.328 e. The molecule has 0 atom stereocenters. The molecule has 3 aromatic rings. The molecule has 0 spiro atoms. The summed E-state index contributed by atoms with van der Waals surface area (Å²) in [6.07, 6.45) is 0. The number of carbonyl (C=O) groups excluding carboxylic acids is 1. The molecular weight excluding hydrogens is 382 g/mol. The van der Waals surface area contributed by atoms with Crippen LogP contribution in [0.3, 0.4) is 0 Å². The number of esters is 1. The molecule has 0 bridgehead atoms. The normalized spacial score (nSPS) is 15.8. The van der Waals surface area contributed by atoms with Gasteiger partial charge < -0.3 is 9.26 Å². The molecule has 0 saturated carbocycles. The Labute approximate surface area is 160 Å². The highest BCUT2D eigenvalue weighted by Crippen LogP contribution is 2.22. The second-order valence-electron chi connectivity index (χ2n) is 5.98. The highest BCUT2D eigenvalue weighted by molar-refractivity contribution is 7.90. The van der Waals surface area contributed by atoms with E-state index in [0.29, 0.717) is 17.0 Å². The standard InChI is InChI=1S/C19H15N3O5S/c23-18(11-20-19-15-8-4-5-9-17(15)28(24,25)22-19)26-12-14-10-16(27-21-14)13-6-2-1-3-7-13/h1-10H,11-12H2,(H,20,22). The average Bonchev–Trinajstić information content (AvgIpc) is 3.28. The molecule has 28 heavy (non-hydrogen) atoms. The maximum Gasteiger partial charge on any atom is 0.328 e. The van der Waals surface area contributed by atoms with Crippen LogP contribution >= 0.6 is 0 Å². The van der Waals surface area contributed by atoms with Gasteiger partial charge in [-0.15, -0.1) is 0 Å². The number of hydrogen-bond donors (Lipinski definition) is 1. The molecule has 0 aliphatic carbocycles. The number of benzene rings is 2. The Morgan fingerprint density at radius 3 is 2.68 bits per heavy atom. The third-order valence-electron chi connectivity index (χ3n) is 4.03. The van der Waals surface area contributed by atoms with Crippen molar-refractivity contribution in [1.82, 2.24) is 9.88 Å². The Balaban J connectivity index is 1.37. The van der Waals surface area contributed by atoms with Gasteiger partial charge in [0.1, 0.15) is 24.7 Å². The van der Waals surface area contributed by atoms with Crippen molar-refractivity contribution in [2.24, 2.45) is 4.99 Å². The number of sulfonamides is 1. The van der Waals surface area contributed by atoms with E-state index >= 15 is 0 Å². The van der Waals surface area contributed by atoms with Gasteiger partial charge in [0.05, 0.1) is 4.90 Å². The van der Waals surface area contributed by atoms with E-state index in [0.717, 1.165) is 5.56 Å². The van der Waals surface area contributed by atoms with Crippen LogP contribution in [-0.2, 0) is 26.2 Å². The third kappa shape index (κ3) is 3.65. The lowest BCUT2D eigenvalue weighted by molar-refractivity contribution is -0.143. The van der Waals surface area contributed by atoms with Gasteiger partial charge in [-0.1, -0.05) is 47.6 Å². The molecule has 8 nitrogen and oxygen atoms in total. The molecule has 0 fully saturated rings. The van der Waals surface area contributed by atoms with Crippen molar-refractivity contribution >= 4 is 21.8 Å². The van der Waals surface area contributed by atoms with Crippen molar-refractivity contribution in [1.29, 1.82) is 0 Å². The minimum atomic E-state index is -3.64. The van der Waals surface area contributed by atoms with Crippen molar-refractivity contribution in [3.05, 3.63) is 71.9 Å².